The topological polar surface area (TPSA) is 119 Å². The van der Waals surface area contributed by atoms with E-state index in [1.807, 2.05) is 48.5 Å². The second kappa shape index (κ2) is 10.5. The summed E-state index contributed by atoms with van der Waals surface area (Å²) in [5, 5.41) is 20.0. The van der Waals surface area contributed by atoms with Crippen LogP contribution >= 0.6 is 0 Å². The van der Waals surface area contributed by atoms with E-state index in [9.17, 15) is 23.1 Å². The summed E-state index contributed by atoms with van der Waals surface area (Å²) in [6.07, 6.45) is 1.15. The van der Waals surface area contributed by atoms with Crippen LogP contribution in [0.2, 0.25) is 0 Å². The quantitative estimate of drug-likeness (QED) is 0.148. The minimum Gasteiger partial charge on any atom is -0.478 e. The van der Waals surface area contributed by atoms with Gasteiger partial charge in [0.2, 0.25) is 0 Å². The van der Waals surface area contributed by atoms with Gasteiger partial charge in [0.25, 0.3) is 5.91 Å². The predicted molar refractivity (Wildman–Crippen MR) is 148 cm³/mol. The number of rotatable bonds is 11. The third-order valence-corrected chi connectivity index (χ3v) is 7.50. The fraction of sp³-hybridized carbons (Fsp3) is 0.241. The molecule has 0 heterocycles. The van der Waals surface area contributed by atoms with E-state index in [1.54, 1.807) is 6.07 Å². The van der Waals surface area contributed by atoms with Gasteiger partial charge in [-0.25, -0.2) is 13.2 Å². The van der Waals surface area contributed by atoms with Gasteiger partial charge in [-0.15, -0.1) is 0 Å². The summed E-state index contributed by atoms with van der Waals surface area (Å²) in [5.74, 6) is -1.71. The summed E-state index contributed by atoms with van der Waals surface area (Å²) in [7, 11) is -3.07. The van der Waals surface area contributed by atoms with E-state index in [0.717, 1.165) is 44.0 Å². The number of fused-ring (bicyclic) bond motifs is 2. The number of benzene rings is 5. The number of ether oxygens (including phenoxy) is 2. The highest BCUT2D eigenvalue weighted by molar-refractivity contribution is 7.90. The van der Waals surface area contributed by atoms with Crippen LogP contribution in [0.3, 0.4) is 0 Å². The normalized spacial score (nSPS) is 12.1. The molecule has 0 aliphatic heterocycles. The number of carboxylic acids is 1. The van der Waals surface area contributed by atoms with Crippen LogP contribution in [-0.2, 0) is 19.3 Å². The molecule has 0 unspecified atom stereocenters. The van der Waals surface area contributed by atoms with Gasteiger partial charge in [0.15, 0.2) is 0 Å². The van der Waals surface area contributed by atoms with E-state index in [1.165, 1.54) is 0 Å². The SMILES string of the molecule is CS(=O)(=O)CCOCCOCCNC(=O)c1c(C(=O)O)cc2cccc3c4cccc5cccc(c1c23)c54. The smallest absolute Gasteiger partial charge is 0.336 e. The molecule has 9 heteroatoms. The molecule has 2 N–H and O–H groups in total. The first-order valence-electron chi connectivity index (χ1n) is 12.2. The van der Waals surface area contributed by atoms with E-state index in [2.05, 4.69) is 11.4 Å². The van der Waals surface area contributed by atoms with Gasteiger partial charge >= 0.3 is 5.97 Å². The predicted octanol–water partition coefficient (Wildman–Crippen LogP) is 4.24. The first kappa shape index (κ1) is 25.8. The number of hydrogen-bond acceptors (Lipinski definition) is 6. The highest BCUT2D eigenvalue weighted by atomic mass is 32.2. The molecule has 0 aromatic heterocycles. The summed E-state index contributed by atoms with van der Waals surface area (Å²) in [6, 6.07) is 19.3. The second-order valence-corrected chi connectivity index (χ2v) is 11.5. The Morgan fingerprint density at radius 2 is 1.39 bits per heavy atom. The zero-order valence-corrected chi connectivity index (χ0v) is 21.6. The zero-order chi connectivity index (χ0) is 26.9. The van der Waals surface area contributed by atoms with E-state index in [-0.39, 0.29) is 49.9 Å². The number of carbonyl (C=O) groups excluding carboxylic acids is 1. The van der Waals surface area contributed by atoms with Crippen molar-refractivity contribution in [2.75, 3.05) is 45.0 Å². The zero-order valence-electron chi connectivity index (χ0n) is 20.8. The highest BCUT2D eigenvalue weighted by Crippen LogP contribution is 2.42. The molecule has 8 nitrogen and oxygen atoms in total. The van der Waals surface area contributed by atoms with Gasteiger partial charge in [-0.1, -0.05) is 54.6 Å². The van der Waals surface area contributed by atoms with Crippen LogP contribution in [0, 0.1) is 0 Å². The minimum atomic E-state index is -3.07. The van der Waals surface area contributed by atoms with Gasteiger partial charge in [-0.2, -0.15) is 0 Å². The van der Waals surface area contributed by atoms with Crippen LogP contribution in [0.4, 0.5) is 0 Å². The molecule has 0 radical (unpaired) electrons. The summed E-state index contributed by atoms with van der Waals surface area (Å²) in [5.41, 5.74) is 0.0716. The molecule has 38 heavy (non-hydrogen) atoms. The Kier molecular flexibility index (Phi) is 7.16. The standard InChI is InChI=1S/C29H27NO7S/c1-38(34,35)16-15-37-14-13-36-12-11-30-28(31)27-23(29(32)33)17-19-7-4-9-21-20-8-2-5-18-6-3-10-22(24(18)20)26(27)25(19)21/h2-10,17H,11-16H2,1H3,(H,30,31)(H,32,33). The first-order valence-corrected chi connectivity index (χ1v) is 14.3. The van der Waals surface area contributed by atoms with Crippen LogP contribution in [0.25, 0.3) is 43.1 Å². The molecule has 0 saturated heterocycles. The number of sulfone groups is 1. The van der Waals surface area contributed by atoms with Gasteiger partial charge in [-0.3, -0.25) is 4.79 Å². The Labute approximate surface area is 219 Å². The van der Waals surface area contributed by atoms with Gasteiger partial charge in [0, 0.05) is 18.2 Å². The van der Waals surface area contributed by atoms with Gasteiger partial charge in [0.1, 0.15) is 9.84 Å². The van der Waals surface area contributed by atoms with Crippen molar-refractivity contribution in [1.82, 2.24) is 5.32 Å². The van der Waals surface area contributed by atoms with Crippen LogP contribution in [0.1, 0.15) is 20.7 Å². The number of carboxylic acid groups (broad SMARTS) is 1. The molecule has 0 atom stereocenters. The largest absolute Gasteiger partial charge is 0.478 e. The van der Waals surface area contributed by atoms with Crippen molar-refractivity contribution in [3.8, 4) is 0 Å². The van der Waals surface area contributed by atoms with E-state index < -0.39 is 21.7 Å². The number of hydrogen-bond donors (Lipinski definition) is 2. The number of carbonyl (C=O) groups is 2. The highest BCUT2D eigenvalue weighted by Gasteiger charge is 2.25. The molecule has 0 spiro atoms. The van der Waals surface area contributed by atoms with Crippen molar-refractivity contribution in [3.63, 3.8) is 0 Å². The maximum atomic E-state index is 13.5. The number of amides is 1. The molecular weight excluding hydrogens is 506 g/mol. The van der Waals surface area contributed by atoms with Crippen LogP contribution in [0.15, 0.2) is 60.7 Å². The molecule has 0 aliphatic rings. The lowest BCUT2D eigenvalue weighted by Crippen LogP contribution is -2.29. The molecule has 1 amide bonds. The molecule has 0 saturated carbocycles. The fourth-order valence-corrected chi connectivity index (χ4v) is 5.41. The molecule has 0 bridgehead atoms. The maximum Gasteiger partial charge on any atom is 0.336 e. The van der Waals surface area contributed by atoms with Gasteiger partial charge in [-0.05, 0) is 43.8 Å². The summed E-state index contributed by atoms with van der Waals surface area (Å²) < 4.78 is 32.9. The van der Waals surface area contributed by atoms with Crippen molar-refractivity contribution >= 4 is 64.8 Å². The van der Waals surface area contributed by atoms with Crippen LogP contribution < -0.4 is 5.32 Å². The summed E-state index contributed by atoms with van der Waals surface area (Å²) >= 11 is 0. The molecule has 5 aromatic carbocycles. The van der Waals surface area contributed by atoms with Crippen molar-refractivity contribution in [3.05, 3.63) is 71.8 Å². The lowest BCUT2D eigenvalue weighted by Gasteiger charge is -2.18. The third kappa shape index (κ3) is 5.00. The Balaban J connectivity index is 1.44. The Morgan fingerprint density at radius 3 is 2.05 bits per heavy atom. The van der Waals surface area contributed by atoms with Crippen molar-refractivity contribution < 1.29 is 32.6 Å². The van der Waals surface area contributed by atoms with Gasteiger partial charge in [0.05, 0.1) is 43.3 Å². The molecule has 0 aliphatic carbocycles. The average Bonchev–Trinajstić information content (AvgIpc) is 2.89. The van der Waals surface area contributed by atoms with Crippen molar-refractivity contribution in [1.29, 1.82) is 0 Å². The minimum absolute atomic E-state index is 0.0526. The first-order chi connectivity index (χ1) is 18.3. The Morgan fingerprint density at radius 1 is 0.789 bits per heavy atom. The van der Waals surface area contributed by atoms with Crippen LogP contribution in [0.5, 0.6) is 0 Å². The van der Waals surface area contributed by atoms with Crippen molar-refractivity contribution in [2.45, 2.75) is 0 Å². The average molecular weight is 534 g/mol. The van der Waals surface area contributed by atoms with Crippen LogP contribution in [-0.4, -0.2) is 70.4 Å². The maximum absolute atomic E-state index is 13.5. The lowest BCUT2D eigenvalue weighted by molar-refractivity contribution is 0.0537. The molecule has 5 rings (SSSR count). The second-order valence-electron chi connectivity index (χ2n) is 9.20. The van der Waals surface area contributed by atoms with Gasteiger partial charge < -0.3 is 19.9 Å². The van der Waals surface area contributed by atoms with E-state index >= 15 is 0 Å². The van der Waals surface area contributed by atoms with E-state index in [0.29, 0.717) is 5.39 Å². The van der Waals surface area contributed by atoms with E-state index in [4.69, 9.17) is 9.47 Å². The summed E-state index contributed by atoms with van der Waals surface area (Å²) in [4.78, 5) is 25.9. The Hall–Kier alpha value is -3.79. The van der Waals surface area contributed by atoms with Crippen molar-refractivity contribution in [2.24, 2.45) is 0 Å². The molecule has 5 aromatic rings. The molecular formula is C29H27NO7S. The fourth-order valence-electron chi connectivity index (χ4n) is 4.99. The monoisotopic (exact) mass is 533 g/mol. The molecule has 0 fully saturated rings. The number of aromatic carboxylic acids is 1. The summed E-state index contributed by atoms with van der Waals surface area (Å²) in [6.45, 7) is 0.924. The molecule has 196 valence electrons. The Bertz CT molecular complexity index is 1770. The number of nitrogens with one attached hydrogen (secondary N) is 1. The third-order valence-electron chi connectivity index (χ3n) is 6.59. The lowest BCUT2D eigenvalue weighted by atomic mass is 9.85.